The number of nitrogens with zero attached hydrogens (tertiary/aromatic N) is 5. The minimum atomic E-state index is -0.786. The highest BCUT2D eigenvalue weighted by atomic mass is 16.5. The van der Waals surface area contributed by atoms with E-state index in [1.807, 2.05) is 12.1 Å². The maximum absolute atomic E-state index is 14.3. The van der Waals surface area contributed by atoms with Crippen LogP contribution in [0.4, 0.5) is 0 Å². The van der Waals surface area contributed by atoms with E-state index in [1.54, 1.807) is 6.07 Å². The Kier molecular flexibility index (Phi) is 7.73. The molecule has 1 aromatic rings. The number of azide groups is 1. The summed E-state index contributed by atoms with van der Waals surface area (Å²) in [5, 5.41) is 3.82. The number of rotatable bonds is 7. The monoisotopic (exact) mass is 536 g/mol. The Morgan fingerprint density at radius 3 is 2.51 bits per heavy atom. The molecule has 3 saturated heterocycles. The quantitative estimate of drug-likeness (QED) is 0.320. The fourth-order valence-corrected chi connectivity index (χ4v) is 6.87. The lowest BCUT2D eigenvalue weighted by atomic mass is 9.77. The summed E-state index contributed by atoms with van der Waals surface area (Å²) in [6.07, 6.45) is 5.82. The molecule has 39 heavy (non-hydrogen) atoms. The predicted octanol–water partition coefficient (Wildman–Crippen LogP) is 3.89. The van der Waals surface area contributed by atoms with Gasteiger partial charge in [0.2, 0.25) is 11.8 Å². The van der Waals surface area contributed by atoms with Crippen LogP contribution < -0.4 is 5.73 Å². The maximum atomic E-state index is 14.3. The van der Waals surface area contributed by atoms with Gasteiger partial charge in [-0.25, -0.2) is 0 Å². The lowest BCUT2D eigenvalue weighted by molar-refractivity contribution is -0.138. The van der Waals surface area contributed by atoms with Crippen LogP contribution in [0.5, 0.6) is 0 Å². The largest absolute Gasteiger partial charge is 0.367 e. The van der Waals surface area contributed by atoms with Crippen LogP contribution in [0.3, 0.4) is 0 Å². The van der Waals surface area contributed by atoms with Gasteiger partial charge in [-0.15, -0.1) is 0 Å². The SMILES string of the molecule is CC(C)(C)C[C@H](C(=O)N1C[C@H](N=[N+]=[N-])[C@H]2OCC(=O)[C@H]21)c1cc(C2CCN(C3CCC3)CC2)ccc1C(N)=O. The van der Waals surface area contributed by atoms with Crippen molar-refractivity contribution < 1.29 is 19.1 Å². The van der Waals surface area contributed by atoms with Crippen molar-refractivity contribution >= 4 is 17.6 Å². The van der Waals surface area contributed by atoms with Crippen LogP contribution in [0.15, 0.2) is 23.3 Å². The first-order valence-corrected chi connectivity index (χ1v) is 14.2. The number of primary amides is 1. The molecule has 2 N–H and O–H groups in total. The first-order chi connectivity index (χ1) is 18.6. The summed E-state index contributed by atoms with van der Waals surface area (Å²) in [5.74, 6) is -1.35. The van der Waals surface area contributed by atoms with Crippen molar-refractivity contribution in [3.63, 3.8) is 0 Å². The van der Waals surface area contributed by atoms with Crippen molar-refractivity contribution in [3.8, 4) is 0 Å². The summed E-state index contributed by atoms with van der Waals surface area (Å²) < 4.78 is 5.63. The normalized spacial score (nSPS) is 27.1. The van der Waals surface area contributed by atoms with Crippen LogP contribution >= 0.6 is 0 Å². The fraction of sp³-hybridized carbons (Fsp3) is 0.690. The van der Waals surface area contributed by atoms with Gasteiger partial charge in [-0.3, -0.25) is 14.4 Å². The van der Waals surface area contributed by atoms with Gasteiger partial charge in [-0.2, -0.15) is 0 Å². The van der Waals surface area contributed by atoms with Gasteiger partial charge in [0, 0.05) is 23.1 Å². The second-order valence-corrected chi connectivity index (χ2v) is 12.9. The Balaban J connectivity index is 1.47. The van der Waals surface area contributed by atoms with Crippen LogP contribution in [0.25, 0.3) is 10.4 Å². The number of amides is 2. The Morgan fingerprint density at radius 1 is 1.21 bits per heavy atom. The summed E-state index contributed by atoms with van der Waals surface area (Å²) in [6.45, 7) is 8.28. The zero-order chi connectivity index (χ0) is 27.9. The van der Waals surface area contributed by atoms with Gasteiger partial charge < -0.3 is 20.3 Å². The molecule has 0 aromatic heterocycles. The van der Waals surface area contributed by atoms with Gasteiger partial charge >= 0.3 is 0 Å². The minimum absolute atomic E-state index is 0.107. The van der Waals surface area contributed by atoms with Crippen LogP contribution in [0, 0.1) is 5.41 Å². The highest BCUT2D eigenvalue weighted by Gasteiger charge is 2.53. The predicted molar refractivity (Wildman–Crippen MR) is 146 cm³/mol. The lowest BCUT2D eigenvalue weighted by Crippen LogP contribution is -2.45. The molecular formula is C29H40N6O4. The average molecular weight is 537 g/mol. The highest BCUT2D eigenvalue weighted by molar-refractivity contribution is 5.99. The van der Waals surface area contributed by atoms with Crippen molar-refractivity contribution in [2.45, 2.75) is 95.4 Å². The van der Waals surface area contributed by atoms with E-state index in [0.29, 0.717) is 23.5 Å². The number of piperidine rings is 1. The molecular weight excluding hydrogens is 496 g/mol. The Labute approximate surface area is 229 Å². The second kappa shape index (κ2) is 10.9. The Bertz CT molecular complexity index is 1180. The second-order valence-electron chi connectivity index (χ2n) is 12.9. The van der Waals surface area contributed by atoms with Gasteiger partial charge in [0.25, 0.3) is 0 Å². The van der Waals surface area contributed by atoms with Gasteiger partial charge in [-0.1, -0.05) is 44.4 Å². The highest BCUT2D eigenvalue weighted by Crippen LogP contribution is 2.40. The van der Waals surface area contributed by atoms with Crippen molar-refractivity contribution in [2.75, 3.05) is 26.2 Å². The van der Waals surface area contributed by atoms with Gasteiger partial charge in [-0.05, 0) is 79.3 Å². The van der Waals surface area contributed by atoms with Crippen LogP contribution in [-0.2, 0) is 14.3 Å². The van der Waals surface area contributed by atoms with Crippen molar-refractivity contribution in [1.29, 1.82) is 0 Å². The van der Waals surface area contributed by atoms with Crippen LogP contribution in [0.1, 0.15) is 92.6 Å². The van der Waals surface area contributed by atoms with Gasteiger partial charge in [0.1, 0.15) is 12.6 Å². The molecule has 0 bridgehead atoms. The molecule has 10 heteroatoms. The zero-order valence-electron chi connectivity index (χ0n) is 23.2. The van der Waals surface area contributed by atoms with Crippen LogP contribution in [0.2, 0.25) is 0 Å². The molecule has 0 spiro atoms. The molecule has 3 heterocycles. The molecule has 0 unspecified atom stereocenters. The molecule has 1 saturated carbocycles. The Morgan fingerprint density at radius 2 is 1.92 bits per heavy atom. The lowest BCUT2D eigenvalue weighted by Gasteiger charge is -2.42. The summed E-state index contributed by atoms with van der Waals surface area (Å²) in [4.78, 5) is 46.7. The number of nitrogens with two attached hydrogens (primary N) is 1. The molecule has 5 rings (SSSR count). The first-order valence-electron chi connectivity index (χ1n) is 14.2. The summed E-state index contributed by atoms with van der Waals surface area (Å²) in [7, 11) is 0. The third-order valence-electron chi connectivity index (χ3n) is 9.06. The van der Waals surface area contributed by atoms with E-state index >= 15 is 0 Å². The standard InChI is InChI=1S/C29H40N6O4/c1-29(2,3)14-22(28(38)35-15-23(32-33-31)26-25(35)24(36)16-39-26)21-13-18(7-8-20(21)27(30)37)17-9-11-34(12-10-17)19-5-4-6-19/h7-8,13,17,19,22-23,25-26H,4-6,9-12,14-16H2,1-3H3,(H2,30,37)/t22-,23-,25+,26+/m0/s1. The number of benzene rings is 1. The topological polar surface area (TPSA) is 142 Å². The van der Waals surface area contributed by atoms with E-state index in [2.05, 4.69) is 35.7 Å². The molecule has 1 aliphatic carbocycles. The number of fused-ring (bicyclic) bond motifs is 1. The average Bonchev–Trinajstić information content (AvgIpc) is 3.41. The maximum Gasteiger partial charge on any atom is 0.249 e. The van der Waals surface area contributed by atoms with E-state index < -0.39 is 30.0 Å². The molecule has 4 atom stereocenters. The summed E-state index contributed by atoms with van der Waals surface area (Å²) in [5.41, 5.74) is 16.7. The van der Waals surface area contributed by atoms with E-state index in [0.717, 1.165) is 37.5 Å². The molecule has 210 valence electrons. The van der Waals surface area contributed by atoms with E-state index in [-0.39, 0.29) is 30.3 Å². The molecule has 1 aromatic carbocycles. The number of hydrogen-bond donors (Lipinski definition) is 1. The summed E-state index contributed by atoms with van der Waals surface area (Å²) >= 11 is 0. The molecule has 2 amide bonds. The van der Waals surface area contributed by atoms with Gasteiger partial charge in [0.05, 0.1) is 18.1 Å². The van der Waals surface area contributed by atoms with Gasteiger partial charge in [0.15, 0.2) is 5.78 Å². The molecule has 3 aliphatic heterocycles. The van der Waals surface area contributed by atoms with Crippen molar-refractivity contribution in [2.24, 2.45) is 16.3 Å². The number of ketones is 1. The van der Waals surface area contributed by atoms with Crippen molar-refractivity contribution in [3.05, 3.63) is 45.3 Å². The van der Waals surface area contributed by atoms with Crippen molar-refractivity contribution in [1.82, 2.24) is 9.80 Å². The zero-order valence-corrected chi connectivity index (χ0v) is 23.2. The number of Topliss-reactive ketones (excluding diaryl/α,β-unsaturated/α-hetero) is 1. The number of carbonyl (C=O) groups excluding carboxylic acids is 3. The Hall–Kier alpha value is -2.94. The number of hydrogen-bond acceptors (Lipinski definition) is 6. The third kappa shape index (κ3) is 5.55. The van der Waals surface area contributed by atoms with Crippen LogP contribution in [-0.4, -0.2) is 77.9 Å². The number of likely N-dealkylation sites (tertiary alicyclic amines) is 2. The van der Waals surface area contributed by atoms with E-state index in [9.17, 15) is 14.4 Å². The molecule has 0 radical (unpaired) electrons. The van der Waals surface area contributed by atoms with E-state index in [1.165, 1.54) is 24.2 Å². The third-order valence-corrected chi connectivity index (χ3v) is 9.06. The molecule has 10 nitrogen and oxygen atoms in total. The first kappa shape index (κ1) is 27.6. The fourth-order valence-electron chi connectivity index (χ4n) is 6.87. The smallest absolute Gasteiger partial charge is 0.249 e. The molecule has 4 fully saturated rings. The number of carbonyl (C=O) groups is 3. The molecule has 4 aliphatic rings. The minimum Gasteiger partial charge on any atom is -0.367 e. The summed E-state index contributed by atoms with van der Waals surface area (Å²) in [6, 6.07) is 5.09. The number of ether oxygens (including phenoxy) is 1. The van der Waals surface area contributed by atoms with E-state index in [4.69, 9.17) is 16.0 Å².